The Bertz CT molecular complexity index is 308. The maximum atomic E-state index is 8.87. The van der Waals surface area contributed by atoms with Crippen LogP contribution in [0.5, 0.6) is 0 Å². The molecule has 0 N–H and O–H groups in total. The Balaban J connectivity index is 2.83. The molecular formula is C9H14N4. The van der Waals surface area contributed by atoms with Crippen LogP contribution in [-0.4, -0.2) is 15.0 Å². The van der Waals surface area contributed by atoms with Crippen molar-refractivity contribution in [1.82, 2.24) is 15.0 Å². The molecule has 0 aliphatic heterocycles. The van der Waals surface area contributed by atoms with Crippen LogP contribution in [0, 0.1) is 11.3 Å². The fourth-order valence-electron chi connectivity index (χ4n) is 1.17. The maximum Gasteiger partial charge on any atom is 0.161 e. The highest BCUT2D eigenvalue weighted by Crippen LogP contribution is 2.05. The molecule has 0 aliphatic rings. The van der Waals surface area contributed by atoms with Crippen molar-refractivity contribution >= 4 is 0 Å². The first-order valence-electron chi connectivity index (χ1n) is 4.65. The molecule has 1 rings (SSSR count). The summed E-state index contributed by atoms with van der Waals surface area (Å²) in [5, 5.41) is 16.8. The second-order valence-corrected chi connectivity index (χ2v) is 2.93. The number of hydrogen-bond donors (Lipinski definition) is 0. The van der Waals surface area contributed by atoms with Gasteiger partial charge in [-0.1, -0.05) is 25.5 Å². The summed E-state index contributed by atoms with van der Waals surface area (Å²) in [7, 11) is 0. The molecule has 0 spiro atoms. The van der Waals surface area contributed by atoms with Gasteiger partial charge in [0.2, 0.25) is 0 Å². The lowest BCUT2D eigenvalue weighted by molar-refractivity contribution is 0.548. The van der Waals surface area contributed by atoms with E-state index in [4.69, 9.17) is 5.26 Å². The molecule has 4 nitrogen and oxygen atoms in total. The van der Waals surface area contributed by atoms with Gasteiger partial charge < -0.3 is 0 Å². The fourth-order valence-corrected chi connectivity index (χ4v) is 1.17. The Kier molecular flexibility index (Phi) is 3.44. The first-order valence-corrected chi connectivity index (χ1v) is 4.65. The third-order valence-electron chi connectivity index (χ3n) is 1.97. The molecule has 0 aliphatic carbocycles. The van der Waals surface area contributed by atoms with Crippen LogP contribution < -0.4 is 0 Å². The minimum Gasteiger partial charge on any atom is -0.234 e. The SMILES string of the molecule is CCCCn1nnc(CC)c1C#N. The van der Waals surface area contributed by atoms with Crippen LogP contribution >= 0.6 is 0 Å². The number of aromatic nitrogens is 3. The van der Waals surface area contributed by atoms with Crippen LogP contribution in [-0.2, 0) is 13.0 Å². The minimum absolute atomic E-state index is 0.621. The molecule has 1 aromatic rings. The number of rotatable bonds is 4. The van der Waals surface area contributed by atoms with Gasteiger partial charge >= 0.3 is 0 Å². The van der Waals surface area contributed by atoms with Gasteiger partial charge in [-0.3, -0.25) is 0 Å². The Morgan fingerprint density at radius 2 is 2.23 bits per heavy atom. The van der Waals surface area contributed by atoms with Crippen LogP contribution in [0.4, 0.5) is 0 Å². The van der Waals surface area contributed by atoms with Gasteiger partial charge in [0.1, 0.15) is 11.8 Å². The zero-order valence-electron chi connectivity index (χ0n) is 8.12. The molecule has 0 bridgehead atoms. The van der Waals surface area contributed by atoms with Gasteiger partial charge in [0, 0.05) is 6.54 Å². The number of aryl methyl sites for hydroxylation is 2. The number of nitriles is 1. The Labute approximate surface area is 78.2 Å². The van der Waals surface area contributed by atoms with E-state index in [2.05, 4.69) is 23.3 Å². The average Bonchev–Trinajstić information content (AvgIpc) is 2.56. The zero-order valence-corrected chi connectivity index (χ0v) is 8.12. The molecule has 70 valence electrons. The van der Waals surface area contributed by atoms with E-state index in [1.54, 1.807) is 4.68 Å². The molecule has 13 heavy (non-hydrogen) atoms. The van der Waals surface area contributed by atoms with Crippen molar-refractivity contribution in [3.8, 4) is 6.07 Å². The lowest BCUT2D eigenvalue weighted by Crippen LogP contribution is -2.03. The van der Waals surface area contributed by atoms with Crippen LogP contribution in [0.15, 0.2) is 0 Å². The minimum atomic E-state index is 0.621. The number of nitrogens with zero attached hydrogens (tertiary/aromatic N) is 4. The van der Waals surface area contributed by atoms with Gasteiger partial charge in [0.15, 0.2) is 5.69 Å². The summed E-state index contributed by atoms with van der Waals surface area (Å²) < 4.78 is 1.70. The monoisotopic (exact) mass is 178 g/mol. The van der Waals surface area contributed by atoms with Crippen molar-refractivity contribution in [3.05, 3.63) is 11.4 Å². The van der Waals surface area contributed by atoms with E-state index < -0.39 is 0 Å². The van der Waals surface area contributed by atoms with Crippen molar-refractivity contribution in [2.45, 2.75) is 39.7 Å². The summed E-state index contributed by atoms with van der Waals surface area (Å²) in [5.41, 5.74) is 1.43. The van der Waals surface area contributed by atoms with Crippen molar-refractivity contribution in [1.29, 1.82) is 5.26 Å². The number of unbranched alkanes of at least 4 members (excludes halogenated alkanes) is 1. The Morgan fingerprint density at radius 3 is 2.77 bits per heavy atom. The highest BCUT2D eigenvalue weighted by atomic mass is 15.4. The molecule has 0 saturated heterocycles. The summed E-state index contributed by atoms with van der Waals surface area (Å²) >= 11 is 0. The largest absolute Gasteiger partial charge is 0.234 e. The third-order valence-corrected chi connectivity index (χ3v) is 1.97. The van der Waals surface area contributed by atoms with Gasteiger partial charge in [-0.2, -0.15) is 5.26 Å². The van der Waals surface area contributed by atoms with Crippen LogP contribution in [0.3, 0.4) is 0 Å². The molecule has 1 heterocycles. The predicted octanol–water partition coefficient (Wildman–Crippen LogP) is 1.51. The van der Waals surface area contributed by atoms with E-state index in [9.17, 15) is 0 Å². The quantitative estimate of drug-likeness (QED) is 0.702. The van der Waals surface area contributed by atoms with Gasteiger partial charge in [-0.05, 0) is 12.8 Å². The van der Waals surface area contributed by atoms with Crippen LogP contribution in [0.1, 0.15) is 38.1 Å². The van der Waals surface area contributed by atoms with E-state index in [1.165, 1.54) is 0 Å². The Morgan fingerprint density at radius 1 is 1.46 bits per heavy atom. The van der Waals surface area contributed by atoms with Crippen LogP contribution in [0.2, 0.25) is 0 Å². The maximum absolute atomic E-state index is 8.87. The van der Waals surface area contributed by atoms with E-state index in [0.29, 0.717) is 5.69 Å². The Hall–Kier alpha value is -1.37. The zero-order chi connectivity index (χ0) is 9.68. The summed E-state index contributed by atoms with van der Waals surface area (Å²) in [4.78, 5) is 0. The molecule has 1 aromatic heterocycles. The van der Waals surface area contributed by atoms with Gasteiger partial charge in [-0.15, -0.1) is 5.10 Å². The predicted molar refractivity (Wildman–Crippen MR) is 49.0 cm³/mol. The number of hydrogen-bond acceptors (Lipinski definition) is 3. The van der Waals surface area contributed by atoms with E-state index in [0.717, 1.165) is 31.5 Å². The molecule has 0 fully saturated rings. The molecule has 0 saturated carbocycles. The van der Waals surface area contributed by atoms with Crippen molar-refractivity contribution in [3.63, 3.8) is 0 Å². The fraction of sp³-hybridized carbons (Fsp3) is 0.667. The smallest absolute Gasteiger partial charge is 0.161 e. The van der Waals surface area contributed by atoms with Crippen LogP contribution in [0.25, 0.3) is 0 Å². The molecular weight excluding hydrogens is 164 g/mol. The standard InChI is InChI=1S/C9H14N4/c1-3-5-6-13-9(7-10)8(4-2)11-12-13/h3-6H2,1-2H3. The second-order valence-electron chi connectivity index (χ2n) is 2.93. The lowest BCUT2D eigenvalue weighted by atomic mass is 10.2. The van der Waals surface area contributed by atoms with E-state index in [1.807, 2.05) is 6.92 Å². The molecule has 0 amide bonds. The molecule has 4 heteroatoms. The highest BCUT2D eigenvalue weighted by Gasteiger charge is 2.09. The average molecular weight is 178 g/mol. The molecule has 0 atom stereocenters. The van der Waals surface area contributed by atoms with Crippen molar-refractivity contribution < 1.29 is 0 Å². The van der Waals surface area contributed by atoms with Gasteiger partial charge in [-0.25, -0.2) is 4.68 Å². The van der Waals surface area contributed by atoms with E-state index >= 15 is 0 Å². The topological polar surface area (TPSA) is 54.5 Å². The summed E-state index contributed by atoms with van der Waals surface area (Å²) in [5.74, 6) is 0. The third kappa shape index (κ3) is 2.05. The summed E-state index contributed by atoms with van der Waals surface area (Å²) in [6.45, 7) is 4.89. The van der Waals surface area contributed by atoms with Gasteiger partial charge in [0.05, 0.1) is 0 Å². The van der Waals surface area contributed by atoms with Crippen molar-refractivity contribution in [2.75, 3.05) is 0 Å². The normalized spacial score (nSPS) is 9.92. The summed E-state index contributed by atoms with van der Waals surface area (Å²) in [6.07, 6.45) is 2.92. The van der Waals surface area contributed by atoms with Crippen molar-refractivity contribution in [2.24, 2.45) is 0 Å². The van der Waals surface area contributed by atoms with E-state index in [-0.39, 0.29) is 0 Å². The second kappa shape index (κ2) is 4.61. The first kappa shape index (κ1) is 9.72. The molecule has 0 radical (unpaired) electrons. The highest BCUT2D eigenvalue weighted by molar-refractivity contribution is 5.24. The lowest BCUT2D eigenvalue weighted by Gasteiger charge is -1.98. The molecule has 0 aromatic carbocycles. The van der Waals surface area contributed by atoms with Gasteiger partial charge in [0.25, 0.3) is 0 Å². The summed E-state index contributed by atoms with van der Waals surface area (Å²) in [6, 6.07) is 2.14. The molecule has 0 unspecified atom stereocenters. The first-order chi connectivity index (χ1) is 6.33.